The highest BCUT2D eigenvalue weighted by Crippen LogP contribution is 2.20. The average molecular weight is 329 g/mol. The Balaban J connectivity index is 1.57. The lowest BCUT2D eigenvalue weighted by atomic mass is 10.3. The first-order valence-corrected chi connectivity index (χ1v) is 7.79. The first-order valence-electron chi connectivity index (χ1n) is 7.79. The van der Waals surface area contributed by atoms with E-state index in [1.807, 2.05) is 30.6 Å². The number of hydrogen-bond donors (Lipinski definition) is 0. The number of nitrogens with zero attached hydrogens (tertiary/aromatic N) is 5. The van der Waals surface area contributed by atoms with Crippen molar-refractivity contribution < 1.29 is 9.66 Å². The Labute approximate surface area is 139 Å². The molecule has 1 aromatic heterocycles. The Morgan fingerprint density at radius 3 is 2.67 bits per heavy atom. The van der Waals surface area contributed by atoms with E-state index in [0.29, 0.717) is 11.6 Å². The fourth-order valence-corrected chi connectivity index (χ4v) is 2.52. The van der Waals surface area contributed by atoms with Gasteiger partial charge in [0.1, 0.15) is 11.9 Å². The summed E-state index contributed by atoms with van der Waals surface area (Å²) in [5.41, 5.74) is 0.863. The van der Waals surface area contributed by atoms with Crippen LogP contribution in [0.2, 0.25) is 0 Å². The normalized spacial score (nSPS) is 14.5. The summed E-state index contributed by atoms with van der Waals surface area (Å²) in [6.07, 6.45) is 5.57. The van der Waals surface area contributed by atoms with E-state index in [4.69, 9.17) is 4.74 Å². The molecule has 24 heavy (non-hydrogen) atoms. The number of aromatic nitrogens is 2. The molecule has 8 heteroatoms. The average Bonchev–Trinajstić information content (AvgIpc) is 3.22. The van der Waals surface area contributed by atoms with Gasteiger partial charge in [0.2, 0.25) is 5.82 Å². The topological polar surface area (TPSA) is 85.8 Å². The summed E-state index contributed by atoms with van der Waals surface area (Å²) in [7, 11) is 1.60. The molecule has 0 saturated carbocycles. The predicted molar refractivity (Wildman–Crippen MR) is 89.6 cm³/mol. The molecular weight excluding hydrogens is 310 g/mol. The number of imidazole rings is 1. The fourth-order valence-electron chi connectivity index (χ4n) is 2.52. The van der Waals surface area contributed by atoms with Gasteiger partial charge in [-0.2, -0.15) is 0 Å². The van der Waals surface area contributed by atoms with E-state index in [2.05, 4.69) is 14.9 Å². The first kappa shape index (κ1) is 16.0. The summed E-state index contributed by atoms with van der Waals surface area (Å²) in [6.45, 7) is 2.31. The highest BCUT2D eigenvalue weighted by atomic mass is 16.6. The number of aliphatic imine (C=N–C) groups is 1. The van der Waals surface area contributed by atoms with Crippen LogP contribution in [0.1, 0.15) is 18.7 Å². The molecule has 0 aliphatic carbocycles. The Bertz CT molecular complexity index is 733. The van der Waals surface area contributed by atoms with Crippen molar-refractivity contribution in [2.45, 2.75) is 19.4 Å². The number of nitro groups is 1. The highest BCUT2D eigenvalue weighted by Gasteiger charge is 2.16. The van der Waals surface area contributed by atoms with Crippen molar-refractivity contribution >= 4 is 17.8 Å². The second-order valence-corrected chi connectivity index (χ2v) is 5.62. The van der Waals surface area contributed by atoms with Gasteiger partial charge < -0.3 is 19.8 Å². The van der Waals surface area contributed by atoms with Gasteiger partial charge in [0.25, 0.3) is 0 Å². The summed E-state index contributed by atoms with van der Waals surface area (Å²) < 4.78 is 7.04. The lowest BCUT2D eigenvalue weighted by Crippen LogP contribution is -2.15. The molecule has 1 fully saturated rings. The Morgan fingerprint density at radius 2 is 2.04 bits per heavy atom. The van der Waals surface area contributed by atoms with Crippen LogP contribution in [0.4, 0.5) is 11.5 Å². The van der Waals surface area contributed by atoms with Crippen molar-refractivity contribution in [3.8, 4) is 5.75 Å². The maximum Gasteiger partial charge on any atom is 0.342 e. The largest absolute Gasteiger partial charge is 0.483 e. The molecule has 1 aliphatic heterocycles. The van der Waals surface area contributed by atoms with Crippen molar-refractivity contribution in [1.29, 1.82) is 0 Å². The third-order valence-electron chi connectivity index (χ3n) is 3.96. The molecule has 2 heterocycles. The Morgan fingerprint density at radius 1 is 1.33 bits per heavy atom. The second kappa shape index (κ2) is 7.12. The monoisotopic (exact) mass is 329 g/mol. The van der Waals surface area contributed by atoms with Crippen molar-refractivity contribution in [2.24, 2.45) is 12.0 Å². The molecule has 0 unspecified atom stereocenters. The molecule has 0 N–H and O–H groups in total. The number of hydrogen-bond acceptors (Lipinski definition) is 5. The molecule has 0 atom stereocenters. The fraction of sp³-hybridized carbons (Fsp3) is 0.375. The number of rotatable bonds is 6. The maximum absolute atomic E-state index is 10.8. The van der Waals surface area contributed by atoms with Crippen LogP contribution in [0.25, 0.3) is 0 Å². The van der Waals surface area contributed by atoms with E-state index in [9.17, 15) is 10.1 Å². The van der Waals surface area contributed by atoms with Crippen molar-refractivity contribution in [3.05, 3.63) is 46.4 Å². The van der Waals surface area contributed by atoms with Crippen LogP contribution in [-0.2, 0) is 13.7 Å². The lowest BCUT2D eigenvalue weighted by molar-refractivity contribution is -0.391. The van der Waals surface area contributed by atoms with E-state index in [1.54, 1.807) is 7.05 Å². The van der Waals surface area contributed by atoms with Gasteiger partial charge in [-0.15, -0.1) is 0 Å². The standard InChI is InChI=1S/C16H19N5O3/c1-19-15(17-10-16(19)21(22)23)11-24-14-6-4-13(5-7-14)18-12-20-8-2-3-9-20/h4-7,10,12H,2-3,8-9,11H2,1H3/b18-12+. The van der Waals surface area contributed by atoms with Crippen LogP contribution in [0, 0.1) is 10.1 Å². The smallest absolute Gasteiger partial charge is 0.342 e. The molecule has 0 spiro atoms. The van der Waals surface area contributed by atoms with Crippen LogP contribution in [-0.4, -0.2) is 38.8 Å². The zero-order chi connectivity index (χ0) is 16.9. The molecule has 0 bridgehead atoms. The van der Waals surface area contributed by atoms with E-state index >= 15 is 0 Å². The van der Waals surface area contributed by atoms with Gasteiger partial charge in [-0.1, -0.05) is 0 Å². The number of benzene rings is 1. The Hall–Kier alpha value is -2.90. The summed E-state index contributed by atoms with van der Waals surface area (Å²) in [5, 5.41) is 10.8. The van der Waals surface area contributed by atoms with E-state index in [-0.39, 0.29) is 12.4 Å². The summed E-state index contributed by atoms with van der Waals surface area (Å²) in [6, 6.07) is 7.41. The third kappa shape index (κ3) is 3.70. The van der Waals surface area contributed by atoms with Crippen molar-refractivity contribution in [2.75, 3.05) is 13.1 Å². The van der Waals surface area contributed by atoms with Crippen molar-refractivity contribution in [1.82, 2.24) is 14.5 Å². The number of ether oxygens (including phenoxy) is 1. The minimum absolute atomic E-state index is 0.0554. The minimum Gasteiger partial charge on any atom is -0.483 e. The van der Waals surface area contributed by atoms with Gasteiger partial charge in [0, 0.05) is 13.1 Å². The highest BCUT2D eigenvalue weighted by molar-refractivity contribution is 5.61. The molecule has 126 valence electrons. The van der Waals surface area contributed by atoms with Gasteiger partial charge in [0.15, 0.2) is 6.61 Å². The first-order chi connectivity index (χ1) is 11.6. The summed E-state index contributed by atoms with van der Waals surface area (Å²) in [5.74, 6) is 1.11. The summed E-state index contributed by atoms with van der Waals surface area (Å²) >= 11 is 0. The zero-order valence-electron chi connectivity index (χ0n) is 13.5. The molecule has 1 aliphatic rings. The molecule has 1 aromatic carbocycles. The van der Waals surface area contributed by atoms with E-state index in [0.717, 1.165) is 18.8 Å². The van der Waals surface area contributed by atoms with E-state index in [1.165, 1.54) is 23.6 Å². The van der Waals surface area contributed by atoms with Gasteiger partial charge in [-0.3, -0.25) is 0 Å². The molecule has 0 amide bonds. The third-order valence-corrected chi connectivity index (χ3v) is 3.96. The van der Waals surface area contributed by atoms with Gasteiger partial charge >= 0.3 is 5.82 Å². The predicted octanol–water partition coefficient (Wildman–Crippen LogP) is 2.66. The van der Waals surface area contributed by atoms with Crippen LogP contribution in [0.5, 0.6) is 5.75 Å². The molecule has 1 saturated heterocycles. The quantitative estimate of drug-likeness (QED) is 0.352. The van der Waals surface area contributed by atoms with Gasteiger partial charge in [-0.05, 0) is 42.0 Å². The van der Waals surface area contributed by atoms with Crippen LogP contribution >= 0.6 is 0 Å². The SMILES string of the molecule is Cn1c([N+](=O)[O-])cnc1COc1ccc(/N=C/N2CCCC2)cc1. The zero-order valence-corrected chi connectivity index (χ0v) is 13.5. The summed E-state index contributed by atoms with van der Waals surface area (Å²) in [4.78, 5) is 21.0. The minimum atomic E-state index is -0.469. The van der Waals surface area contributed by atoms with Crippen LogP contribution in [0.3, 0.4) is 0 Å². The molecular formula is C16H19N5O3. The Kier molecular flexibility index (Phi) is 4.74. The number of likely N-dealkylation sites (tertiary alicyclic amines) is 1. The van der Waals surface area contributed by atoms with Crippen molar-refractivity contribution in [3.63, 3.8) is 0 Å². The second-order valence-electron chi connectivity index (χ2n) is 5.62. The molecule has 3 rings (SSSR count). The van der Waals surface area contributed by atoms with Gasteiger partial charge in [0.05, 0.1) is 19.1 Å². The van der Waals surface area contributed by atoms with E-state index < -0.39 is 4.92 Å². The van der Waals surface area contributed by atoms with Gasteiger partial charge in [-0.25, -0.2) is 14.5 Å². The maximum atomic E-state index is 10.8. The lowest BCUT2D eigenvalue weighted by Gasteiger charge is -2.09. The molecule has 2 aromatic rings. The molecule has 8 nitrogen and oxygen atoms in total. The van der Waals surface area contributed by atoms with Crippen LogP contribution < -0.4 is 4.74 Å². The van der Waals surface area contributed by atoms with Crippen LogP contribution in [0.15, 0.2) is 35.5 Å². The molecule has 0 radical (unpaired) electrons.